The largest absolute Gasteiger partial charge is 0.379 e. The molecule has 2 amide bonds. The minimum atomic E-state index is -0.672. The fourth-order valence-corrected chi connectivity index (χ4v) is 5.52. The van der Waals surface area contributed by atoms with Crippen LogP contribution in [0.2, 0.25) is 0 Å². The summed E-state index contributed by atoms with van der Waals surface area (Å²) in [6, 6.07) is 9.85. The molecular formula is C22H29N3O4. The maximum atomic E-state index is 13.6. The quantitative estimate of drug-likeness (QED) is 0.769. The van der Waals surface area contributed by atoms with Gasteiger partial charge in [-0.15, -0.1) is 0 Å². The Balaban J connectivity index is 1.39. The Labute approximate surface area is 171 Å². The molecule has 7 nitrogen and oxygen atoms in total. The Kier molecular flexibility index (Phi) is 4.46. The molecule has 0 radical (unpaired) electrons. The van der Waals surface area contributed by atoms with Crippen molar-refractivity contribution in [2.24, 2.45) is 0 Å². The van der Waals surface area contributed by atoms with Crippen LogP contribution in [0.15, 0.2) is 30.3 Å². The Hall–Kier alpha value is -1.96. The molecule has 4 heterocycles. The number of amides is 2. The summed E-state index contributed by atoms with van der Waals surface area (Å²) in [5.74, 6) is 0.179. The van der Waals surface area contributed by atoms with Crippen LogP contribution in [0.5, 0.6) is 0 Å². The molecule has 4 aliphatic heterocycles. The van der Waals surface area contributed by atoms with Gasteiger partial charge in [0, 0.05) is 26.1 Å². The molecule has 0 unspecified atom stereocenters. The van der Waals surface area contributed by atoms with E-state index in [0.717, 1.165) is 18.7 Å². The molecule has 156 valence electrons. The Morgan fingerprint density at radius 1 is 1.14 bits per heavy atom. The molecule has 0 saturated carbocycles. The summed E-state index contributed by atoms with van der Waals surface area (Å²) < 4.78 is 12.0. The molecule has 3 atom stereocenters. The zero-order valence-corrected chi connectivity index (χ0v) is 17.2. The number of carbonyl (C=O) groups excluding carboxylic acids is 2. The summed E-state index contributed by atoms with van der Waals surface area (Å²) in [6.07, 6.45) is 0.898. The number of hydrogen-bond acceptors (Lipinski definition) is 5. The standard InChI is InChI=1S/C22H29N3O4/c1-21(2,23-10-12-28-13-11-23)20(27)24-9-8-22-18(24)14-19(26)25(22)15-17(29-22)16-6-4-3-5-7-16/h3-7,17-18H,8-15H2,1-2H3/t17-,18+,22-/m0/s1. The van der Waals surface area contributed by atoms with Gasteiger partial charge in [-0.2, -0.15) is 0 Å². The van der Waals surface area contributed by atoms with E-state index in [4.69, 9.17) is 9.47 Å². The van der Waals surface area contributed by atoms with E-state index >= 15 is 0 Å². The molecule has 0 bridgehead atoms. The Bertz CT molecular complexity index is 808. The van der Waals surface area contributed by atoms with Crippen LogP contribution in [0, 0.1) is 0 Å². The number of carbonyl (C=O) groups is 2. The molecule has 0 N–H and O–H groups in total. The molecule has 4 saturated heterocycles. The number of benzene rings is 1. The summed E-state index contributed by atoms with van der Waals surface area (Å²) in [6.45, 7) is 7.97. The normalized spacial score (nSPS) is 32.6. The van der Waals surface area contributed by atoms with Crippen LogP contribution >= 0.6 is 0 Å². The van der Waals surface area contributed by atoms with Crippen molar-refractivity contribution in [2.75, 3.05) is 39.4 Å². The summed E-state index contributed by atoms with van der Waals surface area (Å²) in [4.78, 5) is 32.5. The third kappa shape index (κ3) is 2.82. The highest BCUT2D eigenvalue weighted by Gasteiger charge is 2.65. The van der Waals surface area contributed by atoms with E-state index in [-0.39, 0.29) is 24.0 Å². The maximum Gasteiger partial charge on any atom is 0.242 e. The maximum absolute atomic E-state index is 13.6. The zero-order chi connectivity index (χ0) is 20.2. The fraction of sp³-hybridized carbons (Fsp3) is 0.636. The molecule has 4 aliphatic rings. The predicted octanol–water partition coefficient (Wildman–Crippen LogP) is 1.40. The monoisotopic (exact) mass is 399 g/mol. The van der Waals surface area contributed by atoms with Gasteiger partial charge < -0.3 is 19.3 Å². The highest BCUT2D eigenvalue weighted by molar-refractivity contribution is 5.89. The molecule has 0 aromatic heterocycles. The summed E-state index contributed by atoms with van der Waals surface area (Å²) in [5, 5.41) is 0. The van der Waals surface area contributed by atoms with Crippen LogP contribution in [-0.4, -0.2) is 83.2 Å². The van der Waals surface area contributed by atoms with Crippen molar-refractivity contribution < 1.29 is 19.1 Å². The van der Waals surface area contributed by atoms with Gasteiger partial charge in [-0.25, -0.2) is 0 Å². The van der Waals surface area contributed by atoms with Gasteiger partial charge in [0.05, 0.1) is 37.8 Å². The van der Waals surface area contributed by atoms with Crippen LogP contribution in [0.4, 0.5) is 0 Å². The van der Waals surface area contributed by atoms with Crippen molar-refractivity contribution in [3.05, 3.63) is 35.9 Å². The number of rotatable bonds is 3. The molecule has 1 aromatic rings. The first-order valence-corrected chi connectivity index (χ1v) is 10.6. The third-order valence-electron chi connectivity index (χ3n) is 7.19. The SMILES string of the molecule is CC(C)(C(=O)N1CC[C@@]23O[C@H](c4ccccc4)CN2C(=O)C[C@@H]13)N1CCOCC1. The van der Waals surface area contributed by atoms with Crippen LogP contribution in [0.1, 0.15) is 38.4 Å². The molecule has 0 aliphatic carbocycles. The second kappa shape index (κ2) is 6.79. The minimum Gasteiger partial charge on any atom is -0.379 e. The summed E-state index contributed by atoms with van der Waals surface area (Å²) in [7, 11) is 0. The lowest BCUT2D eigenvalue weighted by atomic mass is 9.98. The van der Waals surface area contributed by atoms with E-state index in [0.29, 0.717) is 39.1 Å². The average Bonchev–Trinajstić information content (AvgIpc) is 3.37. The summed E-state index contributed by atoms with van der Waals surface area (Å²) in [5.41, 5.74) is -0.210. The van der Waals surface area contributed by atoms with Crippen molar-refractivity contribution in [1.82, 2.24) is 14.7 Å². The predicted molar refractivity (Wildman–Crippen MR) is 106 cm³/mol. The topological polar surface area (TPSA) is 62.3 Å². The molecule has 4 fully saturated rings. The summed E-state index contributed by atoms with van der Waals surface area (Å²) >= 11 is 0. The fourth-order valence-electron chi connectivity index (χ4n) is 5.52. The Morgan fingerprint density at radius 3 is 2.59 bits per heavy atom. The lowest BCUT2D eigenvalue weighted by Gasteiger charge is -2.42. The first-order valence-electron chi connectivity index (χ1n) is 10.6. The van der Waals surface area contributed by atoms with Gasteiger partial charge in [-0.3, -0.25) is 14.5 Å². The van der Waals surface area contributed by atoms with Gasteiger partial charge in [0.25, 0.3) is 0 Å². The Morgan fingerprint density at radius 2 is 1.86 bits per heavy atom. The lowest BCUT2D eigenvalue weighted by molar-refractivity contribution is -0.152. The first-order chi connectivity index (χ1) is 13.9. The van der Waals surface area contributed by atoms with E-state index in [2.05, 4.69) is 4.90 Å². The van der Waals surface area contributed by atoms with E-state index < -0.39 is 11.3 Å². The first kappa shape index (κ1) is 19.0. The number of nitrogens with zero attached hydrogens (tertiary/aromatic N) is 3. The van der Waals surface area contributed by atoms with Crippen molar-refractivity contribution in [2.45, 2.75) is 50.1 Å². The van der Waals surface area contributed by atoms with Crippen LogP contribution in [0.3, 0.4) is 0 Å². The van der Waals surface area contributed by atoms with Crippen molar-refractivity contribution in [3.8, 4) is 0 Å². The molecule has 5 rings (SSSR count). The van der Waals surface area contributed by atoms with Crippen molar-refractivity contribution in [1.29, 1.82) is 0 Å². The van der Waals surface area contributed by atoms with Crippen LogP contribution in [0.25, 0.3) is 0 Å². The van der Waals surface area contributed by atoms with Gasteiger partial charge in [0.2, 0.25) is 11.8 Å². The van der Waals surface area contributed by atoms with Crippen LogP contribution in [-0.2, 0) is 19.1 Å². The van der Waals surface area contributed by atoms with Crippen LogP contribution < -0.4 is 0 Å². The average molecular weight is 399 g/mol. The minimum absolute atomic E-state index is 0.0858. The lowest BCUT2D eigenvalue weighted by Crippen LogP contribution is -2.60. The van der Waals surface area contributed by atoms with Gasteiger partial charge in [0.15, 0.2) is 5.72 Å². The number of likely N-dealkylation sites (tertiary alicyclic amines) is 1. The zero-order valence-electron chi connectivity index (χ0n) is 17.2. The molecule has 29 heavy (non-hydrogen) atoms. The van der Waals surface area contributed by atoms with Gasteiger partial charge in [-0.05, 0) is 19.4 Å². The highest BCUT2D eigenvalue weighted by atomic mass is 16.5. The van der Waals surface area contributed by atoms with Crippen molar-refractivity contribution >= 4 is 11.8 Å². The van der Waals surface area contributed by atoms with Crippen molar-refractivity contribution in [3.63, 3.8) is 0 Å². The number of ether oxygens (including phenoxy) is 2. The highest BCUT2D eigenvalue weighted by Crippen LogP contribution is 2.51. The second-order valence-electron chi connectivity index (χ2n) is 8.99. The van der Waals surface area contributed by atoms with E-state index in [1.807, 2.05) is 54.0 Å². The molecule has 1 spiro atoms. The molecule has 7 heteroatoms. The van der Waals surface area contributed by atoms with Gasteiger partial charge >= 0.3 is 0 Å². The smallest absolute Gasteiger partial charge is 0.242 e. The van der Waals surface area contributed by atoms with Gasteiger partial charge in [-0.1, -0.05) is 30.3 Å². The second-order valence-corrected chi connectivity index (χ2v) is 8.99. The van der Waals surface area contributed by atoms with Gasteiger partial charge in [0.1, 0.15) is 6.10 Å². The number of hydrogen-bond donors (Lipinski definition) is 0. The van der Waals surface area contributed by atoms with E-state index in [1.165, 1.54) is 0 Å². The van der Waals surface area contributed by atoms with E-state index in [9.17, 15) is 9.59 Å². The molecular weight excluding hydrogens is 370 g/mol. The number of morpholine rings is 1. The molecule has 1 aromatic carbocycles. The third-order valence-corrected chi connectivity index (χ3v) is 7.19. The van der Waals surface area contributed by atoms with E-state index in [1.54, 1.807) is 0 Å².